The van der Waals surface area contributed by atoms with E-state index in [2.05, 4.69) is 37.6 Å². The molecule has 36 valence electrons. The van der Waals surface area contributed by atoms with Crippen LogP contribution in [0.5, 0.6) is 0 Å². The molecule has 0 bridgehead atoms. The lowest BCUT2D eigenvalue weighted by Crippen LogP contribution is -0.894. The van der Waals surface area contributed by atoms with Crippen LogP contribution in [0, 0.1) is 0 Å². The van der Waals surface area contributed by atoms with Gasteiger partial charge in [-0.15, -0.1) is 0 Å². The summed E-state index contributed by atoms with van der Waals surface area (Å²) in [4.78, 5) is 0. The van der Waals surface area contributed by atoms with Crippen molar-refractivity contribution in [2.45, 2.75) is 0 Å². The largest absolute Gasteiger partial charge is 0.197 e. The standard InChI is InChI=1S/3OS/c3*1-2. The second-order valence-electron chi connectivity index (χ2n) is 0. The summed E-state index contributed by atoms with van der Waals surface area (Å²) in [6.07, 6.45) is 0. The van der Waals surface area contributed by atoms with Gasteiger partial charge in [-0.25, -0.2) is 0 Å². The van der Waals surface area contributed by atoms with Gasteiger partial charge in [0, 0.05) is 0 Å². The van der Waals surface area contributed by atoms with Crippen molar-refractivity contribution in [2.75, 3.05) is 0 Å². The van der Waals surface area contributed by atoms with E-state index in [9.17, 15) is 0 Å². The smallest absolute Gasteiger partial charge is 0.197 e. The number of hydrogen-bond donors (Lipinski definition) is 0. The molecular weight excluding hydrogens is 144 g/mol. The first-order valence-electron chi connectivity index (χ1n) is 0.500. The van der Waals surface area contributed by atoms with Crippen LogP contribution in [-0.4, -0.2) is 12.6 Å². The highest BCUT2D eigenvalue weighted by Gasteiger charge is 0.738. The van der Waals surface area contributed by atoms with Crippen LogP contribution >= 0.6 is 0 Å². The molecule has 0 amide bonds. The van der Waals surface area contributed by atoms with Crippen LogP contribution in [0.3, 0.4) is 0 Å². The van der Waals surface area contributed by atoms with Gasteiger partial charge in [0.2, 0.25) is 0 Å². The first-order chi connectivity index (χ1) is 3.00. The van der Waals surface area contributed by atoms with Crippen molar-refractivity contribution in [2.24, 2.45) is 0 Å². The van der Waals surface area contributed by atoms with E-state index in [1.165, 1.54) is 0 Å². The van der Waals surface area contributed by atoms with Crippen molar-refractivity contribution in [3.63, 3.8) is 0 Å². The molecule has 3 nitrogen and oxygen atoms in total. The molecule has 0 spiro atoms. The lowest BCUT2D eigenvalue weighted by atomic mass is 16.0. The molecule has 0 aliphatic rings. The minimum Gasteiger partial charge on any atom is -0.197 e. The molecule has 0 aromatic rings. The molecule has 0 rings (SSSR count). The van der Waals surface area contributed by atoms with Crippen molar-refractivity contribution in [1.82, 2.24) is 0 Å². The fraction of sp³-hybridized carbons (Fsp3) is 0. The van der Waals surface area contributed by atoms with Gasteiger partial charge in [-0.3, -0.25) is 0 Å². The van der Waals surface area contributed by atoms with E-state index >= 15 is 0 Å². The van der Waals surface area contributed by atoms with Gasteiger partial charge in [0.1, 0.15) is 0 Å². The maximum absolute atomic E-state index is 7.83. The molecule has 6 heteroatoms. The quantitative estimate of drug-likeness (QED) is 0.434. The van der Waals surface area contributed by atoms with Crippen molar-refractivity contribution < 1.29 is 12.6 Å². The van der Waals surface area contributed by atoms with Crippen LogP contribution in [0.15, 0.2) is 0 Å². The predicted molar refractivity (Wildman–Crippen MR) is 24.4 cm³/mol. The summed E-state index contributed by atoms with van der Waals surface area (Å²) in [7, 11) is 0. The minimum atomic E-state index is 2.83. The summed E-state index contributed by atoms with van der Waals surface area (Å²) in [5.41, 5.74) is 0. The molecule has 0 heterocycles. The Hall–Kier alpha value is 0.0600. The molecule has 0 atom stereocenters. The lowest BCUT2D eigenvalue weighted by Gasteiger charge is -0.734. The molecule has 0 radical (unpaired) electrons. The van der Waals surface area contributed by atoms with Crippen molar-refractivity contribution in [3.05, 3.63) is 0 Å². The zero-order chi connectivity index (χ0) is 6.00. The van der Waals surface area contributed by atoms with Crippen molar-refractivity contribution in [1.29, 1.82) is 0 Å². The van der Waals surface area contributed by atoms with Crippen LogP contribution in [0.2, 0.25) is 0 Å². The van der Waals surface area contributed by atoms with Crippen LogP contribution in [0.25, 0.3) is 0 Å². The van der Waals surface area contributed by atoms with E-state index in [4.69, 9.17) is 12.6 Å². The minimum absolute atomic E-state index is 2.83. The summed E-state index contributed by atoms with van der Waals surface area (Å²) >= 11 is 8.50. The Kier molecular flexibility index (Phi) is 64000. The third kappa shape index (κ3) is 10600. The van der Waals surface area contributed by atoms with Crippen LogP contribution in [0.4, 0.5) is 0 Å². The first-order valence-corrected chi connectivity index (χ1v) is 1.50. The normalized spacial score (nSPS) is 2.00. The molecule has 6 heavy (non-hydrogen) atoms. The molecule has 0 fully saturated rings. The van der Waals surface area contributed by atoms with Gasteiger partial charge >= 0.3 is 0 Å². The first kappa shape index (κ1) is 16.6. The van der Waals surface area contributed by atoms with Crippen LogP contribution < -0.4 is 0 Å². The fourth-order valence-electron chi connectivity index (χ4n) is 0. The molecule has 0 aromatic carbocycles. The molecule has 0 saturated carbocycles. The molecule has 0 aliphatic carbocycles. The molecule has 0 unspecified atom stereocenters. The summed E-state index contributed by atoms with van der Waals surface area (Å²) < 4.78 is 23.5. The Morgan fingerprint density at radius 3 is 0.500 bits per heavy atom. The summed E-state index contributed by atoms with van der Waals surface area (Å²) in [5.74, 6) is 0. The Morgan fingerprint density at radius 1 is 0.500 bits per heavy atom. The molecule has 0 aliphatic heterocycles. The zero-order valence-electron chi connectivity index (χ0n) is 2.45. The zero-order valence-corrected chi connectivity index (χ0v) is 4.90. The highest BCUT2D eigenvalue weighted by molar-refractivity contribution is 7.44. The Morgan fingerprint density at radius 2 is 0.500 bits per heavy atom. The maximum atomic E-state index is 7.83. The van der Waals surface area contributed by atoms with Crippen LogP contribution in [0.1, 0.15) is 0 Å². The van der Waals surface area contributed by atoms with E-state index in [-0.39, 0.29) is 0 Å². The highest BCUT2D eigenvalue weighted by Crippen LogP contribution is 0.562. The van der Waals surface area contributed by atoms with Gasteiger partial charge in [0.25, 0.3) is 0 Å². The Labute approximate surface area is 50.7 Å². The van der Waals surface area contributed by atoms with Gasteiger partial charge in [0.05, 0.1) is 0 Å². The molecular formula is O3S3. The van der Waals surface area contributed by atoms with Gasteiger partial charge in [-0.2, -0.15) is 12.6 Å². The lowest BCUT2D eigenvalue weighted by molar-refractivity contribution is 0.702. The second-order valence-corrected chi connectivity index (χ2v) is 0. The maximum Gasteiger partial charge on any atom is 0.197 e. The average molecular weight is 144 g/mol. The van der Waals surface area contributed by atoms with Gasteiger partial charge in [0.15, 0.2) is 37.6 Å². The van der Waals surface area contributed by atoms with Crippen LogP contribution in [-0.2, 0) is 37.6 Å². The summed E-state index contributed by atoms with van der Waals surface area (Å²) in [5, 5.41) is 0. The van der Waals surface area contributed by atoms with E-state index in [0.29, 0.717) is 0 Å². The van der Waals surface area contributed by atoms with Crippen molar-refractivity contribution >= 4 is 37.6 Å². The van der Waals surface area contributed by atoms with Gasteiger partial charge in [-0.05, 0) is 0 Å². The fourth-order valence-corrected chi connectivity index (χ4v) is 0. The Bertz CT molecular complexity index is 10.8. The van der Waals surface area contributed by atoms with E-state index in [0.717, 1.165) is 0 Å². The second kappa shape index (κ2) is 23200. The van der Waals surface area contributed by atoms with E-state index < -0.39 is 0 Å². The van der Waals surface area contributed by atoms with Crippen molar-refractivity contribution in [3.8, 4) is 0 Å². The summed E-state index contributed by atoms with van der Waals surface area (Å²) in [6, 6.07) is 0. The highest BCUT2D eigenvalue weighted by atomic mass is 32.1. The van der Waals surface area contributed by atoms with E-state index in [1.807, 2.05) is 0 Å². The SMILES string of the molecule is O=S.O=S.O=S. The average Bonchev–Trinajstić information content (AvgIpc) is 1.81. The van der Waals surface area contributed by atoms with Gasteiger partial charge in [-0.1, -0.05) is 0 Å². The summed E-state index contributed by atoms with van der Waals surface area (Å²) in [6.45, 7) is 0. The molecule has 0 saturated heterocycles. The topological polar surface area (TPSA) is 51.2 Å². The Balaban J connectivity index is -0.0000000225. The third-order valence-corrected chi connectivity index (χ3v) is 0. The number of hydrogen-bond acceptors (Lipinski definition) is 6. The predicted octanol–water partition coefficient (Wildman–Crippen LogP) is -1.01. The number of rotatable bonds is 0. The molecule has 0 N–H and O–H groups in total. The van der Waals surface area contributed by atoms with Gasteiger partial charge < -0.3 is 0 Å². The van der Waals surface area contributed by atoms with E-state index in [1.54, 1.807) is 0 Å². The monoisotopic (exact) mass is 144 g/mol. The third-order valence-electron chi connectivity index (χ3n) is 0. The molecule has 0 aromatic heterocycles.